The number of sulfonamides is 1. The molecule has 0 bridgehead atoms. The first-order valence-electron chi connectivity index (χ1n) is 10.2. The maximum absolute atomic E-state index is 12.9. The summed E-state index contributed by atoms with van der Waals surface area (Å²) in [5, 5.41) is 2.72. The molecule has 0 radical (unpaired) electrons. The van der Waals surface area contributed by atoms with Gasteiger partial charge in [0.15, 0.2) is 11.5 Å². The van der Waals surface area contributed by atoms with Crippen molar-refractivity contribution in [2.45, 2.75) is 4.90 Å². The first-order valence-corrected chi connectivity index (χ1v) is 11.7. The Balaban J connectivity index is 1.80. The highest BCUT2D eigenvalue weighted by Gasteiger charge is 2.19. The topological polar surface area (TPSA) is 121 Å². The molecule has 0 aliphatic rings. The van der Waals surface area contributed by atoms with Crippen LogP contribution in [0.15, 0.2) is 59.5 Å². The third-order valence-corrected chi connectivity index (χ3v) is 6.38. The Hall–Kier alpha value is -4.12. The Kier molecular flexibility index (Phi) is 7.92. The molecule has 3 aromatic carbocycles. The lowest BCUT2D eigenvalue weighted by Gasteiger charge is -2.14. The molecule has 1 amide bonds. The van der Waals surface area contributed by atoms with Gasteiger partial charge in [-0.15, -0.1) is 0 Å². The van der Waals surface area contributed by atoms with Crippen molar-refractivity contribution >= 4 is 27.3 Å². The smallest absolute Gasteiger partial charge is 0.262 e. The number of hydrogen-bond acceptors (Lipinski definition) is 8. The second-order valence-corrected chi connectivity index (χ2v) is 8.75. The number of amides is 1. The number of carbonyl (C=O) groups excluding carboxylic acids is 1. The summed E-state index contributed by atoms with van der Waals surface area (Å²) in [6, 6.07) is 13.5. The van der Waals surface area contributed by atoms with E-state index in [1.165, 1.54) is 78.0 Å². The first kappa shape index (κ1) is 25.5. The van der Waals surface area contributed by atoms with Gasteiger partial charge in [-0.25, -0.2) is 8.42 Å². The zero-order valence-electron chi connectivity index (χ0n) is 19.9. The summed E-state index contributed by atoms with van der Waals surface area (Å²) in [7, 11) is 3.34. The first-order chi connectivity index (χ1) is 16.8. The molecule has 0 fully saturated rings. The van der Waals surface area contributed by atoms with Crippen LogP contribution in [0.4, 0.5) is 11.4 Å². The van der Waals surface area contributed by atoms with E-state index in [1.54, 1.807) is 12.1 Å². The van der Waals surface area contributed by atoms with E-state index in [-0.39, 0.29) is 16.1 Å². The van der Waals surface area contributed by atoms with Gasteiger partial charge >= 0.3 is 0 Å². The average molecular weight is 503 g/mol. The van der Waals surface area contributed by atoms with Crippen molar-refractivity contribution in [2.24, 2.45) is 0 Å². The van der Waals surface area contributed by atoms with Gasteiger partial charge in [-0.1, -0.05) is 0 Å². The van der Waals surface area contributed by atoms with Crippen molar-refractivity contribution < 1.29 is 36.9 Å². The maximum atomic E-state index is 12.9. The fourth-order valence-corrected chi connectivity index (χ4v) is 4.29. The summed E-state index contributed by atoms with van der Waals surface area (Å²) in [6.07, 6.45) is 0. The predicted octanol–water partition coefficient (Wildman–Crippen LogP) is 3.78. The third kappa shape index (κ3) is 5.69. The summed E-state index contributed by atoms with van der Waals surface area (Å²) >= 11 is 0. The van der Waals surface area contributed by atoms with Crippen molar-refractivity contribution in [1.29, 1.82) is 0 Å². The summed E-state index contributed by atoms with van der Waals surface area (Å²) in [4.78, 5) is 12.8. The number of anilines is 2. The fraction of sp³-hybridized carbons (Fsp3) is 0.208. The van der Waals surface area contributed by atoms with Crippen LogP contribution in [0.1, 0.15) is 10.4 Å². The van der Waals surface area contributed by atoms with Crippen LogP contribution in [-0.4, -0.2) is 49.9 Å². The normalized spacial score (nSPS) is 10.8. The molecule has 35 heavy (non-hydrogen) atoms. The molecule has 3 aromatic rings. The standard InChI is InChI=1S/C24H26N2O8S/c1-30-17-8-11-20(31-2)19(14-17)26-35(28,29)18-9-6-16(7-10-18)25-24(27)15-12-21(32-3)23(34-5)22(13-15)33-4/h6-14,26H,1-5H3,(H,25,27). The van der Waals surface area contributed by atoms with Crippen LogP contribution in [0.5, 0.6) is 28.7 Å². The van der Waals surface area contributed by atoms with Gasteiger partial charge < -0.3 is 29.0 Å². The van der Waals surface area contributed by atoms with E-state index in [9.17, 15) is 13.2 Å². The Labute approximate surface area is 203 Å². The Morgan fingerprint density at radius 3 is 1.83 bits per heavy atom. The maximum Gasteiger partial charge on any atom is 0.262 e. The van der Waals surface area contributed by atoms with E-state index in [2.05, 4.69) is 10.0 Å². The number of methoxy groups -OCH3 is 5. The molecule has 0 aromatic heterocycles. The molecular formula is C24H26N2O8S. The molecular weight excluding hydrogens is 476 g/mol. The quantitative estimate of drug-likeness (QED) is 0.430. The van der Waals surface area contributed by atoms with Crippen molar-refractivity contribution in [2.75, 3.05) is 45.6 Å². The molecule has 0 spiro atoms. The number of carbonyl (C=O) groups is 1. The predicted molar refractivity (Wildman–Crippen MR) is 131 cm³/mol. The molecule has 2 N–H and O–H groups in total. The molecule has 0 saturated carbocycles. The highest BCUT2D eigenvalue weighted by Crippen LogP contribution is 2.38. The van der Waals surface area contributed by atoms with Gasteiger partial charge in [0.2, 0.25) is 5.75 Å². The van der Waals surface area contributed by atoms with Crippen LogP contribution in [-0.2, 0) is 10.0 Å². The lowest BCUT2D eigenvalue weighted by Crippen LogP contribution is -2.15. The molecule has 10 nitrogen and oxygen atoms in total. The zero-order chi connectivity index (χ0) is 25.6. The molecule has 3 rings (SSSR count). The van der Waals surface area contributed by atoms with Crippen molar-refractivity contribution in [1.82, 2.24) is 0 Å². The van der Waals surface area contributed by atoms with Crippen LogP contribution in [0.3, 0.4) is 0 Å². The monoisotopic (exact) mass is 502 g/mol. The molecule has 0 heterocycles. The van der Waals surface area contributed by atoms with Gasteiger partial charge in [0.1, 0.15) is 11.5 Å². The van der Waals surface area contributed by atoms with Gasteiger partial charge in [-0.05, 0) is 48.5 Å². The van der Waals surface area contributed by atoms with Crippen molar-refractivity contribution in [3.63, 3.8) is 0 Å². The van der Waals surface area contributed by atoms with Gasteiger partial charge in [-0.2, -0.15) is 0 Å². The van der Waals surface area contributed by atoms with E-state index in [0.29, 0.717) is 34.4 Å². The third-order valence-electron chi connectivity index (χ3n) is 5.00. The molecule has 0 saturated heterocycles. The van der Waals surface area contributed by atoms with Gasteiger partial charge in [0.05, 0.1) is 46.1 Å². The largest absolute Gasteiger partial charge is 0.497 e. The van der Waals surface area contributed by atoms with Crippen LogP contribution < -0.4 is 33.7 Å². The zero-order valence-corrected chi connectivity index (χ0v) is 20.7. The average Bonchev–Trinajstić information content (AvgIpc) is 2.87. The van der Waals surface area contributed by atoms with Crippen LogP contribution in [0, 0.1) is 0 Å². The van der Waals surface area contributed by atoms with E-state index in [4.69, 9.17) is 23.7 Å². The highest BCUT2D eigenvalue weighted by atomic mass is 32.2. The second-order valence-electron chi connectivity index (χ2n) is 7.06. The van der Waals surface area contributed by atoms with Crippen molar-refractivity contribution in [3.8, 4) is 28.7 Å². The minimum absolute atomic E-state index is 0.00634. The van der Waals surface area contributed by atoms with E-state index in [0.717, 1.165) is 0 Å². The number of benzene rings is 3. The molecule has 0 aliphatic heterocycles. The number of hydrogen-bond donors (Lipinski definition) is 2. The van der Waals surface area contributed by atoms with Gasteiger partial charge in [-0.3, -0.25) is 9.52 Å². The molecule has 0 aliphatic carbocycles. The highest BCUT2D eigenvalue weighted by molar-refractivity contribution is 7.92. The fourth-order valence-electron chi connectivity index (χ4n) is 3.23. The van der Waals surface area contributed by atoms with Crippen LogP contribution in [0.2, 0.25) is 0 Å². The minimum Gasteiger partial charge on any atom is -0.497 e. The van der Waals surface area contributed by atoms with Crippen molar-refractivity contribution in [3.05, 3.63) is 60.2 Å². The Morgan fingerprint density at radius 2 is 1.31 bits per heavy atom. The Bertz CT molecular complexity index is 1280. The molecule has 0 unspecified atom stereocenters. The summed E-state index contributed by atoms with van der Waals surface area (Å²) in [5.41, 5.74) is 0.885. The lowest BCUT2D eigenvalue weighted by atomic mass is 10.1. The second kappa shape index (κ2) is 10.9. The summed E-state index contributed by atoms with van der Waals surface area (Å²) in [5.74, 6) is 1.38. The van der Waals surface area contributed by atoms with E-state index >= 15 is 0 Å². The molecule has 0 atom stereocenters. The van der Waals surface area contributed by atoms with Gasteiger partial charge in [0, 0.05) is 17.3 Å². The van der Waals surface area contributed by atoms with Crippen LogP contribution >= 0.6 is 0 Å². The Morgan fingerprint density at radius 1 is 0.714 bits per heavy atom. The summed E-state index contributed by atoms with van der Waals surface area (Å²) in [6.45, 7) is 0. The minimum atomic E-state index is -3.94. The number of nitrogens with one attached hydrogen (secondary N) is 2. The molecule has 186 valence electrons. The molecule has 11 heteroatoms. The summed E-state index contributed by atoms with van der Waals surface area (Å²) < 4.78 is 54.5. The van der Waals surface area contributed by atoms with Gasteiger partial charge in [0.25, 0.3) is 15.9 Å². The van der Waals surface area contributed by atoms with Crippen LogP contribution in [0.25, 0.3) is 0 Å². The SMILES string of the molecule is COc1ccc(OC)c(NS(=O)(=O)c2ccc(NC(=O)c3cc(OC)c(OC)c(OC)c3)cc2)c1. The lowest BCUT2D eigenvalue weighted by molar-refractivity contribution is 0.102. The van der Waals surface area contributed by atoms with E-state index in [1.807, 2.05) is 0 Å². The number of ether oxygens (including phenoxy) is 5. The number of rotatable bonds is 10. The van der Waals surface area contributed by atoms with E-state index < -0.39 is 15.9 Å².